The van der Waals surface area contributed by atoms with Crippen molar-refractivity contribution < 1.29 is 14.3 Å². The van der Waals surface area contributed by atoms with Gasteiger partial charge in [0, 0.05) is 21.7 Å². The van der Waals surface area contributed by atoms with Crippen molar-refractivity contribution in [1.29, 1.82) is 0 Å². The fourth-order valence-corrected chi connectivity index (χ4v) is 7.19. The summed E-state index contributed by atoms with van der Waals surface area (Å²) in [6.07, 6.45) is 6.70. The van der Waals surface area contributed by atoms with E-state index in [9.17, 15) is 4.79 Å². The van der Waals surface area contributed by atoms with Gasteiger partial charge in [-0.05, 0) is 86.2 Å². The Bertz CT molecular complexity index is 1480. The molecule has 1 N–H and O–H groups in total. The van der Waals surface area contributed by atoms with Gasteiger partial charge >= 0.3 is 6.03 Å². The standard InChI is InChI=1S/C30H30ClN3O3S/c1-3-37-21-13-10-19(11-14-21)28-25-8-6-16-33(25)29-23(22-7-4-5-9-27(22)38-29)18-34(28)30(35)32-24-17-20(31)12-15-26(24)36-2/h6,8,10-17,28H,3-5,7,9,18H2,1-2H3,(H,32,35)/t28-/m0/s1. The molecule has 38 heavy (non-hydrogen) atoms. The van der Waals surface area contributed by atoms with Gasteiger partial charge in [-0.2, -0.15) is 0 Å². The highest BCUT2D eigenvalue weighted by molar-refractivity contribution is 7.15. The van der Waals surface area contributed by atoms with Crippen LogP contribution in [0.2, 0.25) is 5.02 Å². The molecule has 6 rings (SSSR count). The fourth-order valence-electron chi connectivity index (χ4n) is 5.62. The summed E-state index contributed by atoms with van der Waals surface area (Å²) in [5.41, 5.74) is 5.29. The van der Waals surface area contributed by atoms with Crippen molar-refractivity contribution in [1.82, 2.24) is 9.47 Å². The zero-order valence-corrected chi connectivity index (χ0v) is 23.1. The molecule has 2 aromatic heterocycles. The minimum Gasteiger partial charge on any atom is -0.495 e. The lowest BCUT2D eigenvalue weighted by molar-refractivity contribution is 0.194. The molecule has 1 aliphatic carbocycles. The maximum Gasteiger partial charge on any atom is 0.323 e. The van der Waals surface area contributed by atoms with E-state index in [2.05, 4.69) is 40.3 Å². The number of aryl methyl sites for hydroxylation is 1. The average molecular weight is 548 g/mol. The number of hydrogen-bond acceptors (Lipinski definition) is 4. The van der Waals surface area contributed by atoms with Crippen molar-refractivity contribution in [2.45, 2.75) is 45.2 Å². The van der Waals surface area contributed by atoms with Crippen molar-refractivity contribution in [3.05, 3.63) is 93.1 Å². The summed E-state index contributed by atoms with van der Waals surface area (Å²) >= 11 is 8.16. The SMILES string of the molecule is CCOc1ccc([C@H]2c3cccn3-c3sc4c(c3CN2C(=O)Nc2cc(Cl)ccc2OC)CCCC4)cc1. The Labute approximate surface area is 231 Å². The predicted octanol–water partition coefficient (Wildman–Crippen LogP) is 7.62. The van der Waals surface area contributed by atoms with Gasteiger partial charge in [0.1, 0.15) is 16.5 Å². The molecule has 0 radical (unpaired) electrons. The molecule has 1 aliphatic heterocycles. The third kappa shape index (κ3) is 4.44. The van der Waals surface area contributed by atoms with Crippen LogP contribution in [0.25, 0.3) is 5.00 Å². The number of halogens is 1. The molecule has 4 aromatic rings. The summed E-state index contributed by atoms with van der Waals surface area (Å²) in [6.45, 7) is 3.09. The predicted molar refractivity (Wildman–Crippen MR) is 152 cm³/mol. The molecule has 0 spiro atoms. The molecular formula is C30H30ClN3O3S. The first-order valence-corrected chi connectivity index (χ1v) is 14.2. The molecule has 6 nitrogen and oxygen atoms in total. The molecule has 0 unspecified atom stereocenters. The lowest BCUT2D eigenvalue weighted by atomic mass is 9.95. The minimum atomic E-state index is -0.301. The Morgan fingerprint density at radius 2 is 1.92 bits per heavy atom. The van der Waals surface area contributed by atoms with Crippen molar-refractivity contribution in [3.63, 3.8) is 0 Å². The van der Waals surface area contributed by atoms with Gasteiger partial charge in [0.15, 0.2) is 0 Å². The molecule has 0 saturated heterocycles. The largest absolute Gasteiger partial charge is 0.495 e. The molecular weight excluding hydrogens is 518 g/mol. The highest BCUT2D eigenvalue weighted by Crippen LogP contribution is 2.44. The molecule has 8 heteroatoms. The number of amides is 2. The van der Waals surface area contributed by atoms with E-state index in [1.54, 1.807) is 25.3 Å². The summed E-state index contributed by atoms with van der Waals surface area (Å²) in [7, 11) is 1.59. The normalized spacial score (nSPS) is 16.2. The van der Waals surface area contributed by atoms with Crippen LogP contribution in [-0.4, -0.2) is 29.2 Å². The zero-order chi connectivity index (χ0) is 26.2. The molecule has 2 aromatic carbocycles. The van der Waals surface area contributed by atoms with Crippen LogP contribution in [0, 0.1) is 0 Å². The average Bonchev–Trinajstić information content (AvgIpc) is 3.51. The number of urea groups is 1. The summed E-state index contributed by atoms with van der Waals surface area (Å²) in [6, 6.07) is 17.0. The first-order valence-electron chi connectivity index (χ1n) is 13.0. The summed E-state index contributed by atoms with van der Waals surface area (Å²) in [5, 5.41) is 4.86. The number of nitrogens with zero attached hydrogens (tertiary/aromatic N) is 2. The molecule has 196 valence electrons. The van der Waals surface area contributed by atoms with E-state index in [-0.39, 0.29) is 12.1 Å². The summed E-state index contributed by atoms with van der Waals surface area (Å²) in [4.78, 5) is 17.6. The first-order chi connectivity index (χ1) is 18.6. The second kappa shape index (κ2) is 10.4. The third-order valence-corrected chi connectivity index (χ3v) is 8.92. The highest BCUT2D eigenvalue weighted by Gasteiger charge is 2.36. The number of ether oxygens (including phenoxy) is 2. The fraction of sp³-hybridized carbons (Fsp3) is 0.300. The monoisotopic (exact) mass is 547 g/mol. The Balaban J connectivity index is 1.47. The van der Waals surface area contributed by atoms with Crippen LogP contribution in [-0.2, 0) is 19.4 Å². The second-order valence-electron chi connectivity index (χ2n) is 9.60. The number of benzene rings is 2. The van der Waals surface area contributed by atoms with E-state index in [1.165, 1.54) is 33.8 Å². The number of aromatic nitrogens is 1. The Morgan fingerprint density at radius 3 is 2.71 bits per heavy atom. The maximum atomic E-state index is 14.2. The summed E-state index contributed by atoms with van der Waals surface area (Å²) in [5.74, 6) is 1.38. The molecule has 2 aliphatic rings. The van der Waals surface area contributed by atoms with E-state index < -0.39 is 0 Å². The molecule has 0 fully saturated rings. The van der Waals surface area contributed by atoms with Crippen molar-refractivity contribution in [2.75, 3.05) is 19.0 Å². The van der Waals surface area contributed by atoms with Gasteiger partial charge in [-0.15, -0.1) is 11.3 Å². The van der Waals surface area contributed by atoms with Crippen LogP contribution in [0.3, 0.4) is 0 Å². The van der Waals surface area contributed by atoms with Gasteiger partial charge in [-0.1, -0.05) is 23.7 Å². The van der Waals surface area contributed by atoms with E-state index >= 15 is 0 Å². The molecule has 1 atom stereocenters. The zero-order valence-electron chi connectivity index (χ0n) is 21.5. The van der Waals surface area contributed by atoms with Crippen molar-refractivity contribution >= 4 is 34.7 Å². The third-order valence-electron chi connectivity index (χ3n) is 7.35. The van der Waals surface area contributed by atoms with Crippen LogP contribution < -0.4 is 14.8 Å². The number of carbonyl (C=O) groups excluding carboxylic acids is 1. The lowest BCUT2D eigenvalue weighted by Crippen LogP contribution is -2.38. The molecule has 3 heterocycles. The second-order valence-corrected chi connectivity index (χ2v) is 11.1. The number of fused-ring (bicyclic) bond motifs is 5. The quantitative estimate of drug-likeness (QED) is 0.279. The van der Waals surface area contributed by atoms with Crippen LogP contribution in [0.5, 0.6) is 11.5 Å². The van der Waals surface area contributed by atoms with Gasteiger partial charge < -0.3 is 24.3 Å². The topological polar surface area (TPSA) is 55.7 Å². The van der Waals surface area contributed by atoms with Gasteiger partial charge in [0.05, 0.1) is 37.7 Å². The first kappa shape index (κ1) is 24.9. The van der Waals surface area contributed by atoms with Crippen molar-refractivity contribution in [2.24, 2.45) is 0 Å². The van der Waals surface area contributed by atoms with E-state index in [4.69, 9.17) is 21.1 Å². The number of nitrogens with one attached hydrogen (secondary N) is 1. The number of thiophene rings is 1. The van der Waals surface area contributed by atoms with Gasteiger partial charge in [0.25, 0.3) is 0 Å². The van der Waals surface area contributed by atoms with E-state index in [1.807, 2.05) is 35.3 Å². The molecule has 0 bridgehead atoms. The van der Waals surface area contributed by atoms with E-state index in [0.29, 0.717) is 29.6 Å². The van der Waals surface area contributed by atoms with Crippen molar-refractivity contribution in [3.8, 4) is 16.5 Å². The van der Waals surface area contributed by atoms with Gasteiger partial charge in [-0.3, -0.25) is 0 Å². The van der Waals surface area contributed by atoms with Gasteiger partial charge in [0.2, 0.25) is 0 Å². The van der Waals surface area contributed by atoms with Crippen LogP contribution >= 0.6 is 22.9 Å². The minimum absolute atomic E-state index is 0.208. The molecule has 2 amide bonds. The number of hydrogen-bond donors (Lipinski definition) is 1. The summed E-state index contributed by atoms with van der Waals surface area (Å²) < 4.78 is 13.5. The van der Waals surface area contributed by atoms with Crippen LogP contribution in [0.1, 0.15) is 53.1 Å². The number of anilines is 1. The van der Waals surface area contributed by atoms with Crippen LogP contribution in [0.4, 0.5) is 10.5 Å². The smallest absolute Gasteiger partial charge is 0.323 e. The Kier molecular flexibility index (Phi) is 6.80. The Morgan fingerprint density at radius 1 is 1.11 bits per heavy atom. The van der Waals surface area contributed by atoms with Gasteiger partial charge in [-0.25, -0.2) is 4.79 Å². The maximum absolute atomic E-state index is 14.2. The highest BCUT2D eigenvalue weighted by atomic mass is 35.5. The molecule has 0 saturated carbocycles. The van der Waals surface area contributed by atoms with E-state index in [0.717, 1.165) is 29.8 Å². The number of rotatable bonds is 5. The number of carbonyl (C=O) groups is 1. The number of methoxy groups -OCH3 is 1. The lowest BCUT2D eigenvalue weighted by Gasteiger charge is -2.31. The Hall–Kier alpha value is -3.42. The van der Waals surface area contributed by atoms with Crippen LogP contribution in [0.15, 0.2) is 60.8 Å².